The predicted octanol–water partition coefficient (Wildman–Crippen LogP) is 3.40. The normalized spacial score (nSPS) is 11.8. The van der Waals surface area contributed by atoms with Crippen LogP contribution >= 0.6 is 0 Å². The van der Waals surface area contributed by atoms with E-state index in [0.29, 0.717) is 18.1 Å². The van der Waals surface area contributed by atoms with E-state index in [4.69, 9.17) is 9.47 Å². The van der Waals surface area contributed by atoms with Crippen molar-refractivity contribution < 1.29 is 9.47 Å². The summed E-state index contributed by atoms with van der Waals surface area (Å²) in [5, 5.41) is 9.27. The number of methoxy groups -OCH3 is 1. The highest BCUT2D eigenvalue weighted by atomic mass is 16.5. The van der Waals surface area contributed by atoms with E-state index in [1.165, 1.54) is 0 Å². The third-order valence-electron chi connectivity index (χ3n) is 3.38. The van der Waals surface area contributed by atoms with Gasteiger partial charge in [-0.2, -0.15) is 5.26 Å². The molecule has 0 N–H and O–H groups in total. The van der Waals surface area contributed by atoms with Gasteiger partial charge in [-0.15, -0.1) is 0 Å². The maximum atomic E-state index is 9.27. The Labute approximate surface area is 131 Å². The number of nitrogens with zero attached hydrogens (tertiary/aromatic N) is 2. The fourth-order valence-electron chi connectivity index (χ4n) is 2.20. The molecule has 0 aliphatic heterocycles. The molecule has 0 heterocycles. The second kappa shape index (κ2) is 7.48. The Balaban J connectivity index is 2.17. The highest BCUT2D eigenvalue weighted by Crippen LogP contribution is 2.32. The van der Waals surface area contributed by atoms with Crippen molar-refractivity contribution in [2.24, 2.45) is 0 Å². The number of ether oxygens (including phenoxy) is 2. The summed E-state index contributed by atoms with van der Waals surface area (Å²) in [5.74, 6) is 1.31. The molecule has 0 saturated carbocycles. The van der Waals surface area contributed by atoms with Crippen LogP contribution < -0.4 is 9.47 Å². The molecule has 4 heteroatoms. The van der Waals surface area contributed by atoms with Crippen LogP contribution in [0.1, 0.15) is 17.2 Å². The lowest BCUT2D eigenvalue weighted by atomic mass is 10.1. The summed E-state index contributed by atoms with van der Waals surface area (Å²) in [6.45, 7) is 0.478. The second-order valence-electron chi connectivity index (χ2n) is 5.18. The van der Waals surface area contributed by atoms with Gasteiger partial charge in [0.15, 0.2) is 11.5 Å². The Hall–Kier alpha value is -2.51. The van der Waals surface area contributed by atoms with E-state index in [1.807, 2.05) is 67.5 Å². The first-order valence-corrected chi connectivity index (χ1v) is 7.06. The Kier molecular flexibility index (Phi) is 5.40. The molecule has 0 bridgehead atoms. The van der Waals surface area contributed by atoms with Gasteiger partial charge in [0, 0.05) is 0 Å². The third kappa shape index (κ3) is 3.78. The minimum Gasteiger partial charge on any atom is -0.493 e. The molecule has 0 radical (unpaired) electrons. The number of hydrogen-bond donors (Lipinski definition) is 0. The van der Waals surface area contributed by atoms with Crippen LogP contribution in [0.25, 0.3) is 0 Å². The fraction of sp³-hybridized carbons (Fsp3) is 0.278. The fourth-order valence-corrected chi connectivity index (χ4v) is 2.20. The van der Waals surface area contributed by atoms with Gasteiger partial charge in [-0.25, -0.2) is 0 Å². The second-order valence-corrected chi connectivity index (χ2v) is 5.18. The van der Waals surface area contributed by atoms with Crippen LogP contribution in [0.5, 0.6) is 11.5 Å². The zero-order valence-electron chi connectivity index (χ0n) is 13.1. The Morgan fingerprint density at radius 2 is 1.82 bits per heavy atom. The smallest absolute Gasteiger partial charge is 0.161 e. The van der Waals surface area contributed by atoms with Crippen molar-refractivity contribution >= 4 is 0 Å². The van der Waals surface area contributed by atoms with E-state index in [2.05, 4.69) is 6.07 Å². The molecule has 1 unspecified atom stereocenters. The van der Waals surface area contributed by atoms with Crippen molar-refractivity contribution in [2.75, 3.05) is 21.2 Å². The van der Waals surface area contributed by atoms with Gasteiger partial charge in [-0.1, -0.05) is 36.4 Å². The van der Waals surface area contributed by atoms with E-state index in [-0.39, 0.29) is 6.04 Å². The quantitative estimate of drug-likeness (QED) is 0.819. The number of benzene rings is 2. The van der Waals surface area contributed by atoms with E-state index in [9.17, 15) is 5.26 Å². The van der Waals surface area contributed by atoms with Crippen LogP contribution in [0, 0.1) is 11.3 Å². The van der Waals surface area contributed by atoms with Crippen molar-refractivity contribution in [3.05, 3.63) is 59.7 Å². The first kappa shape index (κ1) is 15.9. The van der Waals surface area contributed by atoms with Crippen LogP contribution in [-0.2, 0) is 6.61 Å². The van der Waals surface area contributed by atoms with Gasteiger partial charge >= 0.3 is 0 Å². The summed E-state index contributed by atoms with van der Waals surface area (Å²) >= 11 is 0. The van der Waals surface area contributed by atoms with Gasteiger partial charge in [0.2, 0.25) is 0 Å². The molecule has 1 atom stereocenters. The third-order valence-corrected chi connectivity index (χ3v) is 3.38. The lowest BCUT2D eigenvalue weighted by molar-refractivity contribution is 0.283. The molecule has 0 spiro atoms. The Morgan fingerprint density at radius 1 is 1.09 bits per heavy atom. The average Bonchev–Trinajstić information content (AvgIpc) is 2.54. The summed E-state index contributed by atoms with van der Waals surface area (Å²) in [6.07, 6.45) is 0. The zero-order chi connectivity index (χ0) is 15.9. The van der Waals surface area contributed by atoms with Gasteiger partial charge < -0.3 is 9.47 Å². The van der Waals surface area contributed by atoms with Crippen LogP contribution in [0.2, 0.25) is 0 Å². The van der Waals surface area contributed by atoms with Crippen LogP contribution in [0.3, 0.4) is 0 Å². The first-order chi connectivity index (χ1) is 10.7. The largest absolute Gasteiger partial charge is 0.493 e. The molecule has 2 aromatic carbocycles. The molecule has 0 saturated heterocycles. The predicted molar refractivity (Wildman–Crippen MR) is 85.8 cm³/mol. The van der Waals surface area contributed by atoms with Crippen molar-refractivity contribution in [3.8, 4) is 17.6 Å². The summed E-state index contributed by atoms with van der Waals surface area (Å²) in [7, 11) is 5.35. The van der Waals surface area contributed by atoms with Crippen LogP contribution in [0.15, 0.2) is 48.5 Å². The highest BCUT2D eigenvalue weighted by Gasteiger charge is 2.15. The number of rotatable bonds is 6. The van der Waals surface area contributed by atoms with Gasteiger partial charge in [0.05, 0.1) is 13.2 Å². The lowest BCUT2D eigenvalue weighted by Crippen LogP contribution is -2.18. The molecule has 4 nitrogen and oxygen atoms in total. The minimum absolute atomic E-state index is 0.308. The van der Waals surface area contributed by atoms with E-state index < -0.39 is 0 Å². The molecule has 0 aromatic heterocycles. The summed E-state index contributed by atoms with van der Waals surface area (Å²) in [6, 6.07) is 17.5. The van der Waals surface area contributed by atoms with Crippen molar-refractivity contribution in [1.82, 2.24) is 4.90 Å². The Bertz CT molecular complexity index is 648. The zero-order valence-corrected chi connectivity index (χ0v) is 13.1. The highest BCUT2D eigenvalue weighted by molar-refractivity contribution is 5.45. The lowest BCUT2D eigenvalue weighted by Gasteiger charge is -2.19. The van der Waals surface area contributed by atoms with E-state index in [0.717, 1.165) is 11.1 Å². The molecule has 114 valence electrons. The molecule has 2 aromatic rings. The molecule has 0 aliphatic rings. The maximum absolute atomic E-state index is 9.27. The molecule has 0 amide bonds. The standard InChI is InChI=1S/C18H20N2O2/c1-20(2)16(12-19)15-9-10-17(18(11-15)21-3)22-13-14-7-5-4-6-8-14/h4-11,16H,13H2,1-3H3. The summed E-state index contributed by atoms with van der Waals surface area (Å²) < 4.78 is 11.2. The molecular formula is C18H20N2O2. The average molecular weight is 296 g/mol. The van der Waals surface area contributed by atoms with Crippen molar-refractivity contribution in [2.45, 2.75) is 12.6 Å². The van der Waals surface area contributed by atoms with E-state index in [1.54, 1.807) is 7.11 Å². The van der Waals surface area contributed by atoms with Gasteiger partial charge in [-0.05, 0) is 37.4 Å². The number of hydrogen-bond acceptors (Lipinski definition) is 4. The van der Waals surface area contributed by atoms with Crippen molar-refractivity contribution in [1.29, 1.82) is 5.26 Å². The van der Waals surface area contributed by atoms with E-state index >= 15 is 0 Å². The topological polar surface area (TPSA) is 45.5 Å². The first-order valence-electron chi connectivity index (χ1n) is 7.06. The van der Waals surface area contributed by atoms with Gasteiger partial charge in [-0.3, -0.25) is 4.90 Å². The minimum atomic E-state index is -0.308. The summed E-state index contributed by atoms with van der Waals surface area (Å²) in [5.41, 5.74) is 1.98. The molecule has 0 aliphatic carbocycles. The molecule has 22 heavy (non-hydrogen) atoms. The van der Waals surface area contributed by atoms with Crippen molar-refractivity contribution in [3.63, 3.8) is 0 Å². The van der Waals surface area contributed by atoms with Gasteiger partial charge in [0.25, 0.3) is 0 Å². The molecule has 2 rings (SSSR count). The number of nitriles is 1. The molecular weight excluding hydrogens is 276 g/mol. The Morgan fingerprint density at radius 3 is 2.41 bits per heavy atom. The summed E-state index contributed by atoms with van der Waals surface area (Å²) in [4.78, 5) is 1.86. The maximum Gasteiger partial charge on any atom is 0.161 e. The van der Waals surface area contributed by atoms with Crippen LogP contribution in [-0.4, -0.2) is 26.1 Å². The molecule has 0 fully saturated rings. The monoisotopic (exact) mass is 296 g/mol. The van der Waals surface area contributed by atoms with Crippen LogP contribution in [0.4, 0.5) is 0 Å². The SMILES string of the molecule is COc1cc(C(C#N)N(C)C)ccc1OCc1ccccc1. The van der Waals surface area contributed by atoms with Gasteiger partial charge in [0.1, 0.15) is 12.6 Å².